The number of hydrogen-bond acceptors (Lipinski definition) is 5. The highest BCUT2D eigenvalue weighted by molar-refractivity contribution is 8.00. The Morgan fingerprint density at radius 1 is 1.04 bits per heavy atom. The molecule has 0 amide bonds. The van der Waals surface area contributed by atoms with Gasteiger partial charge in [0.25, 0.3) is 0 Å². The van der Waals surface area contributed by atoms with Gasteiger partial charge in [0.1, 0.15) is 12.4 Å². The summed E-state index contributed by atoms with van der Waals surface area (Å²) >= 11 is 2.00. The molecule has 150 valence electrons. The number of thioether (sulfide) groups is 1. The number of fused-ring (bicyclic) bond motifs is 1. The molecule has 2 aromatic rings. The van der Waals surface area contributed by atoms with Crippen molar-refractivity contribution in [3.05, 3.63) is 54.1 Å². The molecule has 0 radical (unpaired) electrons. The van der Waals surface area contributed by atoms with Crippen LogP contribution in [0.15, 0.2) is 53.4 Å². The van der Waals surface area contributed by atoms with Crippen LogP contribution in [0.25, 0.3) is 0 Å². The normalized spacial score (nSPS) is 20.5. The highest BCUT2D eigenvalue weighted by Gasteiger charge is 2.19. The summed E-state index contributed by atoms with van der Waals surface area (Å²) in [5, 5.41) is 0.661. The summed E-state index contributed by atoms with van der Waals surface area (Å²) in [6.07, 6.45) is 1.21. The van der Waals surface area contributed by atoms with Crippen LogP contribution >= 0.6 is 11.8 Å². The lowest BCUT2D eigenvalue weighted by Crippen LogP contribution is -2.38. The van der Waals surface area contributed by atoms with E-state index < -0.39 is 0 Å². The number of para-hydroxylation sites is 1. The van der Waals surface area contributed by atoms with Crippen molar-refractivity contribution in [2.45, 2.75) is 30.0 Å². The smallest absolute Gasteiger partial charge is 0.119 e. The van der Waals surface area contributed by atoms with E-state index in [2.05, 4.69) is 65.3 Å². The van der Waals surface area contributed by atoms with E-state index in [4.69, 9.17) is 9.47 Å². The average molecular weight is 399 g/mol. The molecule has 0 bridgehead atoms. The first-order valence-electron chi connectivity index (χ1n) is 10.3. The van der Waals surface area contributed by atoms with Crippen LogP contribution in [0.3, 0.4) is 0 Å². The number of rotatable bonds is 6. The fourth-order valence-electron chi connectivity index (χ4n) is 3.74. The first-order valence-corrected chi connectivity index (χ1v) is 11.2. The van der Waals surface area contributed by atoms with Gasteiger partial charge in [0.05, 0.1) is 18.9 Å². The van der Waals surface area contributed by atoms with Crippen molar-refractivity contribution in [3.8, 4) is 5.75 Å². The van der Waals surface area contributed by atoms with Gasteiger partial charge in [-0.1, -0.05) is 31.2 Å². The van der Waals surface area contributed by atoms with E-state index in [0.29, 0.717) is 5.25 Å². The van der Waals surface area contributed by atoms with Gasteiger partial charge in [-0.2, -0.15) is 0 Å². The van der Waals surface area contributed by atoms with E-state index in [0.717, 1.165) is 58.3 Å². The van der Waals surface area contributed by atoms with Crippen molar-refractivity contribution >= 4 is 17.4 Å². The summed E-state index contributed by atoms with van der Waals surface area (Å²) in [6.45, 7) is 9.76. The molecule has 4 rings (SSSR count). The zero-order chi connectivity index (χ0) is 19.2. The molecular weight excluding hydrogens is 368 g/mol. The Balaban J connectivity index is 1.33. The van der Waals surface area contributed by atoms with Gasteiger partial charge in [-0.3, -0.25) is 4.90 Å². The van der Waals surface area contributed by atoms with Crippen molar-refractivity contribution in [1.82, 2.24) is 4.90 Å². The number of benzene rings is 2. The summed E-state index contributed by atoms with van der Waals surface area (Å²) in [5.41, 5.74) is 2.69. The monoisotopic (exact) mass is 398 g/mol. The van der Waals surface area contributed by atoms with Gasteiger partial charge in [-0.15, -0.1) is 11.8 Å². The van der Waals surface area contributed by atoms with Gasteiger partial charge < -0.3 is 14.4 Å². The largest absolute Gasteiger partial charge is 0.492 e. The van der Waals surface area contributed by atoms with Crippen molar-refractivity contribution < 1.29 is 9.47 Å². The molecule has 2 aliphatic heterocycles. The third-order valence-electron chi connectivity index (χ3n) is 5.42. The SMILES string of the molecule is CC1CCN(Cc2ccc(OCCN3CCOCC3)cc2)c2ccccc2S1. The molecule has 5 heteroatoms. The van der Waals surface area contributed by atoms with E-state index in [1.54, 1.807) is 0 Å². The van der Waals surface area contributed by atoms with Crippen LogP contribution < -0.4 is 9.64 Å². The molecule has 0 aromatic heterocycles. The second kappa shape index (κ2) is 9.68. The van der Waals surface area contributed by atoms with Gasteiger partial charge in [-0.25, -0.2) is 0 Å². The highest BCUT2D eigenvalue weighted by atomic mass is 32.2. The fourth-order valence-corrected chi connectivity index (χ4v) is 4.88. The highest BCUT2D eigenvalue weighted by Crippen LogP contribution is 2.37. The van der Waals surface area contributed by atoms with E-state index in [1.165, 1.54) is 22.6 Å². The van der Waals surface area contributed by atoms with Crippen LogP contribution in [0, 0.1) is 0 Å². The molecule has 28 heavy (non-hydrogen) atoms. The van der Waals surface area contributed by atoms with Gasteiger partial charge in [0.15, 0.2) is 0 Å². The van der Waals surface area contributed by atoms with Crippen molar-refractivity contribution in [2.24, 2.45) is 0 Å². The predicted molar refractivity (Wildman–Crippen MR) is 117 cm³/mol. The maximum atomic E-state index is 5.94. The number of anilines is 1. The summed E-state index contributed by atoms with van der Waals surface area (Å²) in [5.74, 6) is 0.956. The third-order valence-corrected chi connectivity index (χ3v) is 6.65. The summed E-state index contributed by atoms with van der Waals surface area (Å²) in [7, 11) is 0. The Kier molecular flexibility index (Phi) is 6.78. The minimum Gasteiger partial charge on any atom is -0.492 e. The molecule has 1 unspecified atom stereocenters. The number of hydrogen-bond donors (Lipinski definition) is 0. The van der Waals surface area contributed by atoms with Crippen LogP contribution in [0.5, 0.6) is 5.75 Å². The quantitative estimate of drug-likeness (QED) is 0.723. The molecule has 0 N–H and O–H groups in total. The number of morpholine rings is 1. The standard InChI is InChI=1S/C23H30N2O2S/c1-19-10-11-25(22-4-2-3-5-23(22)28-19)18-20-6-8-21(9-7-20)27-17-14-24-12-15-26-16-13-24/h2-9,19H,10-18H2,1H3. The zero-order valence-electron chi connectivity index (χ0n) is 16.7. The summed E-state index contributed by atoms with van der Waals surface area (Å²) in [4.78, 5) is 6.31. The maximum absolute atomic E-state index is 5.94. The summed E-state index contributed by atoms with van der Waals surface area (Å²) < 4.78 is 11.3. The van der Waals surface area contributed by atoms with Gasteiger partial charge in [0.2, 0.25) is 0 Å². The van der Waals surface area contributed by atoms with Crippen LogP contribution in [0.4, 0.5) is 5.69 Å². The van der Waals surface area contributed by atoms with E-state index in [-0.39, 0.29) is 0 Å². The molecule has 0 aliphatic carbocycles. The van der Waals surface area contributed by atoms with Crippen LogP contribution in [-0.4, -0.2) is 56.1 Å². The minimum absolute atomic E-state index is 0.661. The van der Waals surface area contributed by atoms with Crippen LogP contribution in [0.1, 0.15) is 18.9 Å². The molecule has 0 saturated carbocycles. The molecule has 2 aromatic carbocycles. The van der Waals surface area contributed by atoms with Crippen LogP contribution in [0.2, 0.25) is 0 Å². The Labute approximate surface area is 172 Å². The van der Waals surface area contributed by atoms with Crippen molar-refractivity contribution in [3.63, 3.8) is 0 Å². The topological polar surface area (TPSA) is 24.9 Å². The van der Waals surface area contributed by atoms with Crippen molar-refractivity contribution in [2.75, 3.05) is 50.9 Å². The first-order chi connectivity index (χ1) is 13.8. The molecule has 2 aliphatic rings. The molecule has 1 saturated heterocycles. The molecule has 2 heterocycles. The average Bonchev–Trinajstić information content (AvgIpc) is 2.89. The first kappa shape index (κ1) is 19.6. The molecule has 4 nitrogen and oxygen atoms in total. The Hall–Kier alpha value is -1.69. The van der Waals surface area contributed by atoms with Crippen LogP contribution in [-0.2, 0) is 11.3 Å². The third kappa shape index (κ3) is 5.22. The summed E-state index contributed by atoms with van der Waals surface area (Å²) in [6, 6.07) is 17.4. The van der Waals surface area contributed by atoms with E-state index in [9.17, 15) is 0 Å². The minimum atomic E-state index is 0.661. The molecule has 1 fully saturated rings. The molecule has 0 spiro atoms. The second-order valence-electron chi connectivity index (χ2n) is 7.55. The fraction of sp³-hybridized carbons (Fsp3) is 0.478. The van der Waals surface area contributed by atoms with Crippen molar-refractivity contribution in [1.29, 1.82) is 0 Å². The van der Waals surface area contributed by atoms with E-state index >= 15 is 0 Å². The predicted octanol–water partition coefficient (Wildman–Crippen LogP) is 4.29. The Morgan fingerprint density at radius 3 is 2.64 bits per heavy atom. The molecule has 1 atom stereocenters. The number of ether oxygens (including phenoxy) is 2. The zero-order valence-corrected chi connectivity index (χ0v) is 17.5. The van der Waals surface area contributed by atoms with Gasteiger partial charge in [0, 0.05) is 42.9 Å². The second-order valence-corrected chi connectivity index (χ2v) is 9.03. The Morgan fingerprint density at radius 2 is 1.82 bits per heavy atom. The van der Waals surface area contributed by atoms with Gasteiger partial charge >= 0.3 is 0 Å². The van der Waals surface area contributed by atoms with E-state index in [1.807, 2.05) is 11.8 Å². The lowest BCUT2D eigenvalue weighted by Gasteiger charge is -2.26. The lowest BCUT2D eigenvalue weighted by atomic mass is 10.1. The molecular formula is C23H30N2O2S. The van der Waals surface area contributed by atoms with Gasteiger partial charge in [-0.05, 0) is 36.2 Å². The maximum Gasteiger partial charge on any atom is 0.119 e. The lowest BCUT2D eigenvalue weighted by molar-refractivity contribution is 0.0322. The number of nitrogens with zero attached hydrogens (tertiary/aromatic N) is 2. The Bertz CT molecular complexity index is 747.